The molecular weight excluding hydrogens is 218 g/mol. The highest BCUT2D eigenvalue weighted by Crippen LogP contribution is 2.31. The molecule has 0 bridgehead atoms. The fourth-order valence-electron chi connectivity index (χ4n) is 1.86. The van der Waals surface area contributed by atoms with Gasteiger partial charge in [-0.1, -0.05) is 6.07 Å². The normalized spacial score (nSPS) is 10.7. The first-order valence-electron chi connectivity index (χ1n) is 5.46. The van der Waals surface area contributed by atoms with E-state index in [1.165, 1.54) is 0 Å². The number of nitrogens with two attached hydrogens (primary N) is 1. The molecule has 0 amide bonds. The number of hydrazine groups is 1. The molecule has 0 spiro atoms. The number of ether oxygens (including phenoxy) is 2. The van der Waals surface area contributed by atoms with Gasteiger partial charge in [0.2, 0.25) is 0 Å². The highest BCUT2D eigenvalue weighted by molar-refractivity contribution is 5.49. The topological polar surface area (TPSA) is 59.8 Å². The van der Waals surface area contributed by atoms with Crippen molar-refractivity contribution in [3.8, 4) is 11.5 Å². The number of benzene rings is 1. The maximum absolute atomic E-state index is 5.44. The number of hydrogen-bond donors (Lipinski definition) is 2. The van der Waals surface area contributed by atoms with Gasteiger partial charge in [0.25, 0.3) is 0 Å². The molecule has 0 atom stereocenters. The Labute approximate surface area is 102 Å². The SMILES string of the molecule is COc1ccc(CN(C)CNN)c(OC)c1C. The summed E-state index contributed by atoms with van der Waals surface area (Å²) in [7, 11) is 5.32. The second-order valence-electron chi connectivity index (χ2n) is 3.96. The van der Waals surface area contributed by atoms with Crippen molar-refractivity contribution in [1.82, 2.24) is 10.3 Å². The van der Waals surface area contributed by atoms with E-state index in [0.717, 1.165) is 29.2 Å². The Kier molecular flexibility index (Phi) is 5.21. The van der Waals surface area contributed by atoms with Crippen LogP contribution in [0.25, 0.3) is 0 Å². The van der Waals surface area contributed by atoms with Crippen LogP contribution in [0, 0.1) is 6.92 Å². The molecule has 0 aliphatic rings. The molecule has 0 aliphatic heterocycles. The first kappa shape index (κ1) is 13.8. The van der Waals surface area contributed by atoms with Crippen LogP contribution in [0.1, 0.15) is 11.1 Å². The highest BCUT2D eigenvalue weighted by Gasteiger charge is 2.12. The van der Waals surface area contributed by atoms with Gasteiger partial charge in [-0.05, 0) is 20.0 Å². The van der Waals surface area contributed by atoms with Gasteiger partial charge in [0.15, 0.2) is 0 Å². The van der Waals surface area contributed by atoms with Gasteiger partial charge >= 0.3 is 0 Å². The van der Waals surface area contributed by atoms with E-state index in [9.17, 15) is 0 Å². The second kappa shape index (κ2) is 6.44. The van der Waals surface area contributed by atoms with Gasteiger partial charge in [0, 0.05) is 17.7 Å². The molecule has 1 rings (SSSR count). The quantitative estimate of drug-likeness (QED) is 0.438. The zero-order valence-corrected chi connectivity index (χ0v) is 10.9. The van der Waals surface area contributed by atoms with Crippen molar-refractivity contribution in [2.24, 2.45) is 5.84 Å². The van der Waals surface area contributed by atoms with Gasteiger partial charge in [0.1, 0.15) is 11.5 Å². The summed E-state index contributed by atoms with van der Waals surface area (Å²) in [6.45, 7) is 3.37. The summed E-state index contributed by atoms with van der Waals surface area (Å²) in [5, 5.41) is 0. The van der Waals surface area contributed by atoms with Crippen molar-refractivity contribution >= 4 is 0 Å². The van der Waals surface area contributed by atoms with E-state index >= 15 is 0 Å². The molecule has 0 aromatic heterocycles. The smallest absolute Gasteiger partial charge is 0.129 e. The van der Waals surface area contributed by atoms with E-state index < -0.39 is 0 Å². The van der Waals surface area contributed by atoms with Crippen LogP contribution < -0.4 is 20.7 Å². The van der Waals surface area contributed by atoms with E-state index in [1.54, 1.807) is 14.2 Å². The minimum Gasteiger partial charge on any atom is -0.496 e. The molecule has 17 heavy (non-hydrogen) atoms. The van der Waals surface area contributed by atoms with Gasteiger partial charge in [-0.25, -0.2) is 5.43 Å². The van der Waals surface area contributed by atoms with Crippen LogP contribution in [-0.4, -0.2) is 32.8 Å². The number of nitrogens with one attached hydrogen (secondary N) is 1. The van der Waals surface area contributed by atoms with E-state index in [4.69, 9.17) is 15.3 Å². The molecule has 0 radical (unpaired) electrons. The van der Waals surface area contributed by atoms with Crippen LogP contribution >= 0.6 is 0 Å². The van der Waals surface area contributed by atoms with Gasteiger partial charge < -0.3 is 9.47 Å². The van der Waals surface area contributed by atoms with Crippen molar-refractivity contribution in [2.45, 2.75) is 13.5 Å². The number of rotatable bonds is 6. The molecular formula is C12H21N3O2. The molecule has 0 aliphatic carbocycles. The fourth-order valence-corrected chi connectivity index (χ4v) is 1.86. The lowest BCUT2D eigenvalue weighted by molar-refractivity contribution is 0.294. The highest BCUT2D eigenvalue weighted by atomic mass is 16.5. The third-order valence-electron chi connectivity index (χ3n) is 2.66. The monoisotopic (exact) mass is 239 g/mol. The molecule has 3 N–H and O–H groups in total. The Bertz CT molecular complexity index is 369. The predicted octanol–water partition coefficient (Wildman–Crippen LogP) is 0.865. The number of methoxy groups -OCH3 is 2. The van der Waals surface area contributed by atoms with Crippen LogP contribution in [0.5, 0.6) is 11.5 Å². The van der Waals surface area contributed by atoms with Crippen molar-refractivity contribution in [2.75, 3.05) is 27.9 Å². The molecule has 1 aromatic rings. The summed E-state index contributed by atoms with van der Waals surface area (Å²) in [6.07, 6.45) is 0. The minimum atomic E-state index is 0.619. The van der Waals surface area contributed by atoms with Crippen LogP contribution in [-0.2, 0) is 6.54 Å². The maximum Gasteiger partial charge on any atom is 0.129 e. The minimum absolute atomic E-state index is 0.619. The standard InChI is InChI=1S/C12H21N3O2/c1-9-11(16-3)6-5-10(12(9)17-4)7-15(2)8-14-13/h5-6,14H,7-8,13H2,1-4H3. The van der Waals surface area contributed by atoms with Crippen molar-refractivity contribution in [3.05, 3.63) is 23.3 Å². The number of hydrogen-bond acceptors (Lipinski definition) is 5. The molecule has 0 unspecified atom stereocenters. The molecule has 0 heterocycles. The largest absolute Gasteiger partial charge is 0.496 e. The molecule has 1 aromatic carbocycles. The van der Waals surface area contributed by atoms with Crippen molar-refractivity contribution < 1.29 is 9.47 Å². The lowest BCUT2D eigenvalue weighted by Gasteiger charge is -2.19. The summed E-state index contributed by atoms with van der Waals surface area (Å²) in [5.74, 6) is 6.99. The maximum atomic E-state index is 5.44. The summed E-state index contributed by atoms with van der Waals surface area (Å²) < 4.78 is 10.7. The molecule has 0 fully saturated rings. The second-order valence-corrected chi connectivity index (χ2v) is 3.96. The first-order chi connectivity index (χ1) is 8.13. The van der Waals surface area contributed by atoms with Crippen molar-refractivity contribution in [3.63, 3.8) is 0 Å². The van der Waals surface area contributed by atoms with E-state index in [1.807, 2.05) is 26.1 Å². The third kappa shape index (κ3) is 3.33. The lowest BCUT2D eigenvalue weighted by Crippen LogP contribution is -2.35. The number of nitrogens with zero attached hydrogens (tertiary/aromatic N) is 1. The molecule has 0 saturated heterocycles. The molecule has 5 nitrogen and oxygen atoms in total. The molecule has 0 saturated carbocycles. The first-order valence-corrected chi connectivity index (χ1v) is 5.46. The summed E-state index contributed by atoms with van der Waals surface area (Å²) in [6, 6.07) is 3.97. The fraction of sp³-hybridized carbons (Fsp3) is 0.500. The summed E-state index contributed by atoms with van der Waals surface area (Å²) in [5.41, 5.74) is 4.75. The third-order valence-corrected chi connectivity index (χ3v) is 2.66. The zero-order valence-electron chi connectivity index (χ0n) is 10.9. The van der Waals surface area contributed by atoms with Crippen LogP contribution in [0.3, 0.4) is 0 Å². The lowest BCUT2D eigenvalue weighted by atomic mass is 10.1. The van der Waals surface area contributed by atoms with Crippen LogP contribution in [0.15, 0.2) is 12.1 Å². The Morgan fingerprint density at radius 2 is 2.00 bits per heavy atom. The Hall–Kier alpha value is -1.30. The Morgan fingerprint density at radius 3 is 2.53 bits per heavy atom. The zero-order chi connectivity index (χ0) is 12.8. The average molecular weight is 239 g/mol. The van der Waals surface area contributed by atoms with Gasteiger partial charge in [-0.2, -0.15) is 0 Å². The Morgan fingerprint density at radius 1 is 1.29 bits per heavy atom. The van der Waals surface area contributed by atoms with Crippen molar-refractivity contribution in [1.29, 1.82) is 0 Å². The van der Waals surface area contributed by atoms with Gasteiger partial charge in [0.05, 0.1) is 20.9 Å². The van der Waals surface area contributed by atoms with E-state index in [-0.39, 0.29) is 0 Å². The Balaban J connectivity index is 2.96. The average Bonchev–Trinajstić information content (AvgIpc) is 2.30. The van der Waals surface area contributed by atoms with E-state index in [2.05, 4.69) is 10.3 Å². The molecule has 5 heteroatoms. The van der Waals surface area contributed by atoms with Gasteiger partial charge in [-0.15, -0.1) is 0 Å². The summed E-state index contributed by atoms with van der Waals surface area (Å²) >= 11 is 0. The van der Waals surface area contributed by atoms with Crippen LogP contribution in [0.2, 0.25) is 0 Å². The van der Waals surface area contributed by atoms with Crippen LogP contribution in [0.4, 0.5) is 0 Å². The van der Waals surface area contributed by atoms with Gasteiger partial charge in [-0.3, -0.25) is 10.7 Å². The molecule has 96 valence electrons. The predicted molar refractivity (Wildman–Crippen MR) is 67.9 cm³/mol. The summed E-state index contributed by atoms with van der Waals surface area (Å²) in [4.78, 5) is 2.06. The van der Waals surface area contributed by atoms with E-state index in [0.29, 0.717) is 6.67 Å².